The maximum atomic E-state index is 13.9. The van der Waals surface area contributed by atoms with Crippen LogP contribution < -0.4 is 10.3 Å². The van der Waals surface area contributed by atoms with Crippen LogP contribution in [0.25, 0.3) is 39.2 Å². The number of aromatic amines is 1. The lowest BCUT2D eigenvalue weighted by molar-refractivity contribution is -0.140. The molecule has 5 rings (SSSR count). The fourth-order valence-electron chi connectivity index (χ4n) is 4.10. The standard InChI is InChI=1S/C23H18F3N5O2/c1-12-16(20-28-18-14(30(20)2)10-7-11-15(18)33-3)22(32)31-21(27-12)17(13-8-5-4-6-9-13)19(29-31)23(24,25)26/h4-11,29H,1-3H3. The first kappa shape index (κ1) is 20.8. The van der Waals surface area contributed by atoms with Crippen LogP contribution in [0.3, 0.4) is 0 Å². The third-order valence-corrected chi connectivity index (χ3v) is 5.63. The Labute approximate surface area is 185 Å². The molecule has 33 heavy (non-hydrogen) atoms. The number of nitrogens with zero attached hydrogens (tertiary/aromatic N) is 4. The maximum Gasteiger partial charge on any atom is 0.433 e. The molecule has 0 bridgehead atoms. The van der Waals surface area contributed by atoms with Crippen molar-refractivity contribution in [2.24, 2.45) is 7.05 Å². The summed E-state index contributed by atoms with van der Waals surface area (Å²) in [6.07, 6.45) is -4.72. The molecule has 0 unspecified atom stereocenters. The third kappa shape index (κ3) is 3.09. The smallest absolute Gasteiger partial charge is 0.433 e. The van der Waals surface area contributed by atoms with Crippen LogP contribution in [0.2, 0.25) is 0 Å². The number of ether oxygens (including phenoxy) is 1. The molecule has 1 N–H and O–H groups in total. The molecule has 0 saturated heterocycles. The molecule has 0 spiro atoms. The van der Waals surface area contributed by atoms with Gasteiger partial charge in [0.25, 0.3) is 5.56 Å². The van der Waals surface area contributed by atoms with Crippen LogP contribution in [-0.4, -0.2) is 31.3 Å². The molecule has 3 aromatic heterocycles. The normalized spacial score (nSPS) is 12.1. The zero-order valence-electron chi connectivity index (χ0n) is 17.9. The second kappa shape index (κ2) is 7.22. The Morgan fingerprint density at radius 3 is 2.39 bits per heavy atom. The first-order valence-electron chi connectivity index (χ1n) is 10.00. The van der Waals surface area contributed by atoms with Gasteiger partial charge >= 0.3 is 6.18 Å². The van der Waals surface area contributed by atoms with Crippen LogP contribution in [0.5, 0.6) is 5.75 Å². The predicted molar refractivity (Wildman–Crippen MR) is 117 cm³/mol. The molecule has 5 aromatic rings. The molecule has 0 radical (unpaired) electrons. The quantitative estimate of drug-likeness (QED) is 0.434. The molecule has 10 heteroatoms. The van der Waals surface area contributed by atoms with Crippen LogP contribution in [0, 0.1) is 6.92 Å². The highest BCUT2D eigenvalue weighted by molar-refractivity contribution is 5.87. The Balaban J connectivity index is 1.86. The lowest BCUT2D eigenvalue weighted by Gasteiger charge is -2.08. The number of imidazole rings is 1. The van der Waals surface area contributed by atoms with Crippen molar-refractivity contribution in [3.05, 3.63) is 70.3 Å². The molecular weight excluding hydrogens is 435 g/mol. The van der Waals surface area contributed by atoms with E-state index in [0.717, 1.165) is 4.52 Å². The summed E-state index contributed by atoms with van der Waals surface area (Å²) >= 11 is 0. The number of methoxy groups -OCH3 is 1. The molecule has 0 aliphatic heterocycles. The second-order valence-corrected chi connectivity index (χ2v) is 7.58. The van der Waals surface area contributed by atoms with Gasteiger partial charge in [-0.15, -0.1) is 0 Å². The summed E-state index contributed by atoms with van der Waals surface area (Å²) in [7, 11) is 3.24. The Kier molecular flexibility index (Phi) is 4.55. The summed E-state index contributed by atoms with van der Waals surface area (Å²) in [5, 5.41) is 2.24. The summed E-state index contributed by atoms with van der Waals surface area (Å²) in [4.78, 5) is 22.5. The van der Waals surface area contributed by atoms with Crippen LogP contribution in [-0.2, 0) is 13.2 Å². The molecule has 7 nitrogen and oxygen atoms in total. The van der Waals surface area contributed by atoms with Gasteiger partial charge in [0.1, 0.15) is 28.3 Å². The van der Waals surface area contributed by atoms with Gasteiger partial charge in [0.2, 0.25) is 0 Å². The number of nitrogens with one attached hydrogen (secondary N) is 1. The summed E-state index contributed by atoms with van der Waals surface area (Å²) in [6.45, 7) is 1.59. The van der Waals surface area contributed by atoms with E-state index in [4.69, 9.17) is 4.74 Å². The van der Waals surface area contributed by atoms with E-state index in [9.17, 15) is 18.0 Å². The van der Waals surface area contributed by atoms with E-state index in [1.807, 2.05) is 6.07 Å². The second-order valence-electron chi connectivity index (χ2n) is 7.58. The molecule has 0 atom stereocenters. The van der Waals surface area contributed by atoms with E-state index in [0.29, 0.717) is 22.3 Å². The number of hydrogen-bond acceptors (Lipinski definition) is 4. The Bertz CT molecular complexity index is 1580. The topological polar surface area (TPSA) is 77.2 Å². The first-order chi connectivity index (χ1) is 15.7. The van der Waals surface area contributed by atoms with Crippen LogP contribution in [0.1, 0.15) is 11.4 Å². The van der Waals surface area contributed by atoms with Gasteiger partial charge in [0.05, 0.1) is 23.9 Å². The number of para-hydroxylation sites is 1. The van der Waals surface area contributed by atoms with Gasteiger partial charge in [0.15, 0.2) is 5.65 Å². The number of rotatable bonds is 3. The lowest BCUT2D eigenvalue weighted by atomic mass is 10.1. The van der Waals surface area contributed by atoms with Crippen molar-refractivity contribution in [2.45, 2.75) is 13.1 Å². The summed E-state index contributed by atoms with van der Waals surface area (Å²) < 4.78 is 49.6. The fourth-order valence-corrected chi connectivity index (χ4v) is 4.10. The van der Waals surface area contributed by atoms with E-state index in [1.54, 1.807) is 61.0 Å². The molecule has 0 aliphatic carbocycles. The SMILES string of the molecule is COc1cccc2c1nc(-c1c(C)nc3c(-c4ccccc4)c(C(F)(F)F)[nH]n3c1=O)n2C. The minimum atomic E-state index is -4.72. The minimum absolute atomic E-state index is 0.0999. The van der Waals surface area contributed by atoms with E-state index in [1.165, 1.54) is 7.11 Å². The third-order valence-electron chi connectivity index (χ3n) is 5.63. The van der Waals surface area contributed by atoms with Gasteiger partial charge in [-0.25, -0.2) is 9.97 Å². The van der Waals surface area contributed by atoms with Gasteiger partial charge in [0, 0.05) is 7.05 Å². The fraction of sp³-hybridized carbons (Fsp3) is 0.174. The van der Waals surface area contributed by atoms with E-state index < -0.39 is 17.4 Å². The van der Waals surface area contributed by atoms with Gasteiger partial charge in [-0.3, -0.25) is 9.89 Å². The summed E-state index contributed by atoms with van der Waals surface area (Å²) in [5.74, 6) is 0.801. The maximum absolute atomic E-state index is 13.9. The van der Waals surface area contributed by atoms with E-state index in [2.05, 4.69) is 15.1 Å². The molecular formula is C23H18F3N5O2. The highest BCUT2D eigenvalue weighted by atomic mass is 19.4. The zero-order valence-corrected chi connectivity index (χ0v) is 17.9. The number of alkyl halides is 3. The predicted octanol–water partition coefficient (Wildman–Crippen LogP) is 4.58. The monoisotopic (exact) mass is 453 g/mol. The summed E-state index contributed by atoms with van der Waals surface area (Å²) in [6, 6.07) is 13.4. The van der Waals surface area contributed by atoms with Crippen LogP contribution in [0.15, 0.2) is 53.3 Å². The molecule has 168 valence electrons. The van der Waals surface area contributed by atoms with E-state index in [-0.39, 0.29) is 28.3 Å². The Morgan fingerprint density at radius 2 is 1.73 bits per heavy atom. The molecule has 0 saturated carbocycles. The number of hydrogen-bond donors (Lipinski definition) is 1. The number of aromatic nitrogens is 5. The van der Waals surface area contributed by atoms with Gasteiger partial charge in [-0.2, -0.15) is 17.7 Å². The number of benzene rings is 2. The lowest BCUT2D eigenvalue weighted by Crippen LogP contribution is -2.21. The van der Waals surface area contributed by atoms with Crippen molar-refractivity contribution in [1.82, 2.24) is 24.1 Å². The highest BCUT2D eigenvalue weighted by Gasteiger charge is 2.38. The first-order valence-corrected chi connectivity index (χ1v) is 10.00. The van der Waals surface area contributed by atoms with Crippen molar-refractivity contribution >= 4 is 16.7 Å². The molecule has 0 aliphatic rings. The van der Waals surface area contributed by atoms with Crippen molar-refractivity contribution in [3.63, 3.8) is 0 Å². The largest absolute Gasteiger partial charge is 0.494 e. The molecule has 0 fully saturated rings. The van der Waals surface area contributed by atoms with E-state index >= 15 is 0 Å². The molecule has 0 amide bonds. The number of fused-ring (bicyclic) bond motifs is 2. The van der Waals surface area contributed by atoms with Gasteiger partial charge in [-0.05, 0) is 24.6 Å². The zero-order chi connectivity index (χ0) is 23.5. The van der Waals surface area contributed by atoms with Crippen molar-refractivity contribution in [1.29, 1.82) is 0 Å². The van der Waals surface area contributed by atoms with Gasteiger partial charge in [-0.1, -0.05) is 36.4 Å². The van der Waals surface area contributed by atoms with Crippen molar-refractivity contribution in [3.8, 4) is 28.3 Å². The Hall–Kier alpha value is -4.08. The summed E-state index contributed by atoms with van der Waals surface area (Å²) in [5.41, 5.74) is -0.0866. The number of aryl methyl sites for hydroxylation is 2. The number of H-pyrrole nitrogens is 1. The van der Waals surface area contributed by atoms with Crippen molar-refractivity contribution < 1.29 is 17.9 Å². The Morgan fingerprint density at radius 1 is 1.00 bits per heavy atom. The average Bonchev–Trinajstić information content (AvgIpc) is 3.33. The van der Waals surface area contributed by atoms with Crippen LogP contribution >= 0.6 is 0 Å². The van der Waals surface area contributed by atoms with Crippen molar-refractivity contribution in [2.75, 3.05) is 7.11 Å². The van der Waals surface area contributed by atoms with Gasteiger partial charge < -0.3 is 9.30 Å². The minimum Gasteiger partial charge on any atom is -0.494 e. The molecule has 2 aromatic carbocycles. The van der Waals surface area contributed by atoms with Crippen LogP contribution in [0.4, 0.5) is 13.2 Å². The molecule has 3 heterocycles. The number of halogens is 3. The average molecular weight is 453 g/mol. The highest BCUT2D eigenvalue weighted by Crippen LogP contribution is 2.38.